The quantitative estimate of drug-likeness (QED) is 0.512. The van der Waals surface area contributed by atoms with Crippen molar-refractivity contribution in [3.8, 4) is 22.6 Å². The third kappa shape index (κ3) is 4.43. The second-order valence-corrected chi connectivity index (χ2v) is 9.23. The predicted molar refractivity (Wildman–Crippen MR) is 116 cm³/mol. The average Bonchev–Trinajstić information content (AvgIpc) is 3.15. The predicted octanol–water partition coefficient (Wildman–Crippen LogP) is 4.83. The summed E-state index contributed by atoms with van der Waals surface area (Å²) in [6, 6.07) is 14.9. The Morgan fingerprint density at radius 3 is 2.48 bits per heavy atom. The van der Waals surface area contributed by atoms with E-state index in [1.54, 1.807) is 19.2 Å². The summed E-state index contributed by atoms with van der Waals surface area (Å²) in [6.07, 6.45) is -0.186. The first kappa shape index (κ1) is 21.3. The van der Waals surface area contributed by atoms with E-state index in [-0.39, 0.29) is 17.3 Å². The topological polar surface area (TPSA) is 61.8 Å². The van der Waals surface area contributed by atoms with Crippen LogP contribution < -0.4 is 9.47 Å². The van der Waals surface area contributed by atoms with Crippen LogP contribution in [0.25, 0.3) is 11.1 Å². The summed E-state index contributed by atoms with van der Waals surface area (Å²) in [5.41, 5.74) is 3.98. The molecule has 1 atom stereocenters. The Morgan fingerprint density at radius 1 is 1.03 bits per heavy atom. The van der Waals surface area contributed by atoms with Crippen LogP contribution in [0.4, 0.5) is 4.39 Å². The number of aryl methyl sites for hydroxylation is 2. The van der Waals surface area contributed by atoms with E-state index < -0.39 is 16.2 Å². The minimum absolute atomic E-state index is 0.0901. The Bertz CT molecular complexity index is 1220. The second-order valence-electron chi connectivity index (χ2n) is 7.62. The molecule has 1 aliphatic heterocycles. The summed E-state index contributed by atoms with van der Waals surface area (Å²) in [6.45, 7) is 3.64. The van der Waals surface area contributed by atoms with Gasteiger partial charge in [0.1, 0.15) is 30.0 Å². The van der Waals surface area contributed by atoms with Crippen molar-refractivity contribution in [1.29, 1.82) is 0 Å². The van der Waals surface area contributed by atoms with Crippen molar-refractivity contribution in [3.05, 3.63) is 77.1 Å². The van der Waals surface area contributed by atoms with Crippen LogP contribution in [0.1, 0.15) is 16.7 Å². The average molecular weight is 443 g/mol. The van der Waals surface area contributed by atoms with Gasteiger partial charge in [-0.2, -0.15) is 8.42 Å². The fraction of sp³-hybridized carbons (Fsp3) is 0.250. The third-order valence-corrected chi connectivity index (χ3v) is 6.61. The number of hydrogen-bond donors (Lipinski definition) is 0. The lowest BCUT2D eigenvalue weighted by atomic mass is 9.96. The molecular formula is C24H23FO5S. The molecule has 0 aromatic heterocycles. The third-order valence-electron chi connectivity index (χ3n) is 5.32. The molecule has 5 nitrogen and oxygen atoms in total. The minimum Gasteiger partial charge on any atom is -0.497 e. The highest BCUT2D eigenvalue weighted by Gasteiger charge is 2.29. The Morgan fingerprint density at radius 2 is 1.77 bits per heavy atom. The number of benzene rings is 3. The van der Waals surface area contributed by atoms with Crippen molar-refractivity contribution in [1.82, 2.24) is 0 Å². The maximum absolute atomic E-state index is 14.4. The van der Waals surface area contributed by atoms with Gasteiger partial charge in [-0.25, -0.2) is 4.39 Å². The molecule has 0 saturated carbocycles. The summed E-state index contributed by atoms with van der Waals surface area (Å²) < 4.78 is 55.9. The molecular weight excluding hydrogens is 419 g/mol. The van der Waals surface area contributed by atoms with Crippen LogP contribution in [-0.2, 0) is 20.7 Å². The molecule has 3 aromatic carbocycles. The van der Waals surface area contributed by atoms with Gasteiger partial charge < -0.3 is 9.47 Å². The Kier molecular flexibility index (Phi) is 5.73. The minimum atomic E-state index is -3.91. The zero-order valence-electron chi connectivity index (χ0n) is 17.5. The Balaban J connectivity index is 1.57. The van der Waals surface area contributed by atoms with Crippen molar-refractivity contribution in [2.45, 2.75) is 31.3 Å². The van der Waals surface area contributed by atoms with Gasteiger partial charge in [0, 0.05) is 17.5 Å². The molecule has 1 aliphatic rings. The number of ether oxygens (including phenoxy) is 2. The molecule has 3 aromatic rings. The van der Waals surface area contributed by atoms with Gasteiger partial charge in [0.05, 0.1) is 12.0 Å². The van der Waals surface area contributed by atoms with Crippen LogP contribution in [0.15, 0.2) is 59.5 Å². The molecule has 0 amide bonds. The van der Waals surface area contributed by atoms with E-state index >= 15 is 0 Å². The van der Waals surface area contributed by atoms with Gasteiger partial charge >= 0.3 is 0 Å². The van der Waals surface area contributed by atoms with Crippen molar-refractivity contribution in [2.75, 3.05) is 13.7 Å². The van der Waals surface area contributed by atoms with Gasteiger partial charge in [-0.1, -0.05) is 23.8 Å². The van der Waals surface area contributed by atoms with Crippen molar-refractivity contribution in [3.63, 3.8) is 0 Å². The van der Waals surface area contributed by atoms with Gasteiger partial charge in [-0.15, -0.1) is 0 Å². The van der Waals surface area contributed by atoms with Crippen LogP contribution >= 0.6 is 0 Å². The normalized spacial score (nSPS) is 15.4. The van der Waals surface area contributed by atoms with Gasteiger partial charge in [0.25, 0.3) is 10.1 Å². The molecule has 0 bridgehead atoms. The lowest BCUT2D eigenvalue weighted by Gasteiger charge is -2.15. The van der Waals surface area contributed by atoms with Crippen LogP contribution in [0, 0.1) is 19.7 Å². The van der Waals surface area contributed by atoms with Crippen LogP contribution in [0.3, 0.4) is 0 Å². The largest absolute Gasteiger partial charge is 0.497 e. The Labute approximate surface area is 181 Å². The molecule has 0 fully saturated rings. The number of hydrogen-bond acceptors (Lipinski definition) is 5. The van der Waals surface area contributed by atoms with Crippen molar-refractivity contribution in [2.24, 2.45) is 0 Å². The van der Waals surface area contributed by atoms with Crippen molar-refractivity contribution < 1.29 is 26.5 Å². The molecule has 0 N–H and O–H groups in total. The van der Waals surface area contributed by atoms with E-state index in [1.165, 1.54) is 24.3 Å². The van der Waals surface area contributed by atoms with Crippen LogP contribution in [0.5, 0.6) is 11.5 Å². The highest BCUT2D eigenvalue weighted by Crippen LogP contribution is 2.42. The molecule has 0 radical (unpaired) electrons. The monoisotopic (exact) mass is 442 g/mol. The zero-order chi connectivity index (χ0) is 22.2. The lowest BCUT2D eigenvalue weighted by Crippen LogP contribution is -2.23. The van der Waals surface area contributed by atoms with Crippen LogP contribution in [-0.4, -0.2) is 28.2 Å². The van der Waals surface area contributed by atoms with E-state index in [1.807, 2.05) is 32.0 Å². The molecule has 1 unspecified atom stereocenters. The van der Waals surface area contributed by atoms with Gasteiger partial charge in [0.2, 0.25) is 0 Å². The van der Waals surface area contributed by atoms with E-state index in [9.17, 15) is 12.8 Å². The lowest BCUT2D eigenvalue weighted by molar-refractivity contribution is 0.152. The number of fused-ring (bicyclic) bond motifs is 1. The number of methoxy groups -OCH3 is 1. The standard InChI is InChI=1S/C24H23FO5S/c1-15-4-8-21(9-5-15)31(26,27)29-14-20-11-17-10-18(25)12-23(24(17)30-20)22-13-19(28-3)7-6-16(22)2/h4-10,12-13,20H,11,14H2,1-3H3. The van der Waals surface area contributed by atoms with E-state index in [4.69, 9.17) is 13.7 Å². The summed E-state index contributed by atoms with van der Waals surface area (Å²) in [5, 5.41) is 0. The summed E-state index contributed by atoms with van der Waals surface area (Å²) >= 11 is 0. The summed E-state index contributed by atoms with van der Waals surface area (Å²) in [7, 11) is -2.34. The Hall–Kier alpha value is -2.90. The summed E-state index contributed by atoms with van der Waals surface area (Å²) in [4.78, 5) is 0.0901. The van der Waals surface area contributed by atoms with E-state index in [2.05, 4.69) is 0 Å². The van der Waals surface area contributed by atoms with Crippen LogP contribution in [0.2, 0.25) is 0 Å². The SMILES string of the molecule is COc1ccc(C)c(-c2cc(F)cc3c2OC(COS(=O)(=O)c2ccc(C)cc2)C3)c1. The van der Waals surface area contributed by atoms with Gasteiger partial charge in [-0.3, -0.25) is 4.18 Å². The molecule has 0 aliphatic carbocycles. The van der Waals surface area contributed by atoms with Gasteiger partial charge in [0.15, 0.2) is 0 Å². The molecule has 0 spiro atoms. The zero-order valence-corrected chi connectivity index (χ0v) is 18.3. The highest BCUT2D eigenvalue weighted by atomic mass is 32.2. The maximum atomic E-state index is 14.4. The molecule has 4 rings (SSSR count). The number of rotatable bonds is 6. The fourth-order valence-corrected chi connectivity index (χ4v) is 4.58. The molecule has 162 valence electrons. The maximum Gasteiger partial charge on any atom is 0.297 e. The molecule has 1 heterocycles. The second kappa shape index (κ2) is 8.32. The van der Waals surface area contributed by atoms with E-state index in [0.717, 1.165) is 16.7 Å². The fourth-order valence-electron chi connectivity index (χ4n) is 3.64. The summed E-state index contributed by atoms with van der Waals surface area (Å²) in [5.74, 6) is 0.813. The van der Waals surface area contributed by atoms with Gasteiger partial charge in [-0.05, 0) is 61.4 Å². The first-order valence-electron chi connectivity index (χ1n) is 9.87. The van der Waals surface area contributed by atoms with E-state index in [0.29, 0.717) is 29.0 Å². The molecule has 0 saturated heterocycles. The first-order chi connectivity index (χ1) is 14.8. The van der Waals surface area contributed by atoms with Crippen molar-refractivity contribution >= 4 is 10.1 Å². The number of halogens is 1. The highest BCUT2D eigenvalue weighted by molar-refractivity contribution is 7.86. The molecule has 31 heavy (non-hydrogen) atoms. The first-order valence-corrected chi connectivity index (χ1v) is 11.3. The smallest absolute Gasteiger partial charge is 0.297 e. The molecule has 7 heteroatoms.